The molecule has 0 aliphatic carbocycles. The maximum Gasteiger partial charge on any atom is 0.435 e. The molecule has 0 bridgehead atoms. The van der Waals surface area contributed by atoms with Crippen molar-refractivity contribution in [2.75, 3.05) is 0 Å². The second-order valence-corrected chi connectivity index (χ2v) is 3.53. The van der Waals surface area contributed by atoms with E-state index in [2.05, 4.69) is 16.7 Å². The number of aromatic carboxylic acids is 1. The number of hydrogen-bond acceptors (Lipinski definition) is 5. The van der Waals surface area contributed by atoms with Crippen molar-refractivity contribution in [2.24, 2.45) is 11.7 Å². The Morgan fingerprint density at radius 1 is 1.47 bits per heavy atom. The summed E-state index contributed by atoms with van der Waals surface area (Å²) in [4.78, 5) is 12.3. The van der Waals surface area contributed by atoms with Crippen molar-refractivity contribution in [3.8, 4) is 0 Å². The molecule has 0 saturated heterocycles. The van der Waals surface area contributed by atoms with Crippen molar-refractivity contribution >= 4 is 28.9 Å². The van der Waals surface area contributed by atoms with Crippen molar-refractivity contribution in [1.82, 2.24) is 4.98 Å². The van der Waals surface area contributed by atoms with Gasteiger partial charge in [0.25, 0.3) is 0 Å². The molecule has 0 aromatic carbocycles. The van der Waals surface area contributed by atoms with E-state index in [1.807, 2.05) is 0 Å². The summed E-state index contributed by atoms with van der Waals surface area (Å²) in [5.41, 5.74) is -1.45. The third-order valence-electron chi connectivity index (χ3n) is 1.06. The molecule has 0 saturated carbocycles. The molecule has 10 heteroatoms. The van der Waals surface area contributed by atoms with Gasteiger partial charge in [-0.1, -0.05) is 22.9 Å². The van der Waals surface area contributed by atoms with E-state index in [1.54, 1.807) is 0 Å². The van der Waals surface area contributed by atoms with Gasteiger partial charge in [0, 0.05) is 0 Å². The number of carboxylic acid groups (broad SMARTS) is 1. The van der Waals surface area contributed by atoms with Gasteiger partial charge < -0.3 is 5.11 Å². The second-order valence-electron chi connectivity index (χ2n) is 1.95. The van der Waals surface area contributed by atoms with Crippen molar-refractivity contribution in [3.63, 3.8) is 0 Å². The lowest BCUT2D eigenvalue weighted by molar-refractivity contribution is -0.141. The van der Waals surface area contributed by atoms with E-state index in [-0.39, 0.29) is 11.3 Å². The molecule has 15 heavy (non-hydrogen) atoms. The molecule has 5 nitrogen and oxygen atoms in total. The van der Waals surface area contributed by atoms with Crippen LogP contribution >= 0.6 is 22.9 Å². The second kappa shape index (κ2) is 5.26. The lowest BCUT2D eigenvalue weighted by Crippen LogP contribution is -2.11. The SMILES string of the molecule is NN.O=C(O)c1sc(Cl)nc1C(F)(F)F. The van der Waals surface area contributed by atoms with E-state index < -0.39 is 27.2 Å². The average molecular weight is 264 g/mol. The van der Waals surface area contributed by atoms with Gasteiger partial charge in [-0.15, -0.1) is 0 Å². The Morgan fingerprint density at radius 2 is 1.93 bits per heavy atom. The van der Waals surface area contributed by atoms with E-state index in [0.29, 0.717) is 0 Å². The molecule has 0 unspecified atom stereocenters. The van der Waals surface area contributed by atoms with Crippen molar-refractivity contribution in [1.29, 1.82) is 0 Å². The summed E-state index contributed by atoms with van der Waals surface area (Å²) < 4.78 is 35.7. The largest absolute Gasteiger partial charge is 0.477 e. The normalized spacial score (nSPS) is 10.5. The van der Waals surface area contributed by atoms with Crippen LogP contribution < -0.4 is 11.7 Å². The molecule has 1 rings (SSSR count). The first-order chi connectivity index (χ1) is 6.82. The number of carbonyl (C=O) groups is 1. The molecule has 86 valence electrons. The summed E-state index contributed by atoms with van der Waals surface area (Å²) in [6.45, 7) is 0. The molecule has 0 atom stereocenters. The maximum absolute atomic E-state index is 12.0. The number of thiazole rings is 1. The number of alkyl halides is 3. The maximum atomic E-state index is 12.0. The molecule has 1 aromatic heterocycles. The molecule has 1 heterocycles. The van der Waals surface area contributed by atoms with Gasteiger partial charge >= 0.3 is 12.1 Å². The minimum Gasteiger partial charge on any atom is -0.477 e. The van der Waals surface area contributed by atoms with Crippen LogP contribution in [0.1, 0.15) is 15.4 Å². The quantitative estimate of drug-likeness (QED) is 0.524. The molecular weight excluding hydrogens is 259 g/mol. The minimum absolute atomic E-state index is 0.284. The van der Waals surface area contributed by atoms with Gasteiger partial charge in [0.1, 0.15) is 4.88 Å². The predicted octanol–water partition coefficient (Wildman–Crippen LogP) is 1.33. The van der Waals surface area contributed by atoms with E-state index >= 15 is 0 Å². The third-order valence-corrected chi connectivity index (χ3v) is 2.21. The average Bonchev–Trinajstić information content (AvgIpc) is 2.50. The minimum atomic E-state index is -4.78. The summed E-state index contributed by atoms with van der Waals surface area (Å²) in [6, 6.07) is 0. The Balaban J connectivity index is 0.000000921. The smallest absolute Gasteiger partial charge is 0.435 e. The number of nitrogens with two attached hydrogens (primary N) is 2. The molecule has 1 aromatic rings. The molecule has 0 fully saturated rings. The number of nitrogens with zero attached hydrogens (tertiary/aromatic N) is 1. The van der Waals surface area contributed by atoms with Crippen LogP contribution in [-0.2, 0) is 6.18 Å². The molecule has 0 aliphatic rings. The summed E-state index contributed by atoms with van der Waals surface area (Å²) in [5.74, 6) is 6.32. The summed E-state index contributed by atoms with van der Waals surface area (Å²) in [6.07, 6.45) is -4.78. The highest BCUT2D eigenvalue weighted by atomic mass is 35.5. The molecule has 0 radical (unpaired) electrons. The van der Waals surface area contributed by atoms with Crippen LogP contribution in [0.25, 0.3) is 0 Å². The van der Waals surface area contributed by atoms with Gasteiger partial charge in [-0.05, 0) is 0 Å². The number of hydrazine groups is 1. The van der Waals surface area contributed by atoms with Crippen molar-refractivity contribution in [3.05, 3.63) is 15.0 Å². The highest BCUT2D eigenvalue weighted by molar-refractivity contribution is 7.17. The van der Waals surface area contributed by atoms with Gasteiger partial charge in [-0.25, -0.2) is 9.78 Å². The molecule has 0 amide bonds. The van der Waals surface area contributed by atoms with Gasteiger partial charge in [0.05, 0.1) is 0 Å². The Kier molecular flexibility index (Phi) is 4.94. The molecule has 0 aliphatic heterocycles. The lowest BCUT2D eigenvalue weighted by Gasteiger charge is -2.01. The first kappa shape index (κ1) is 14.1. The third kappa shape index (κ3) is 3.63. The first-order valence-corrected chi connectivity index (χ1v) is 4.32. The first-order valence-electron chi connectivity index (χ1n) is 3.12. The molecular formula is C5H5ClF3N3O2S. The Morgan fingerprint density at radius 3 is 2.20 bits per heavy atom. The predicted molar refractivity (Wildman–Crippen MR) is 47.5 cm³/mol. The van der Waals surface area contributed by atoms with Gasteiger partial charge in [0.15, 0.2) is 10.2 Å². The summed E-state index contributed by atoms with van der Waals surface area (Å²) in [5, 5.41) is 8.35. The van der Waals surface area contributed by atoms with Gasteiger partial charge in [0.2, 0.25) is 0 Å². The van der Waals surface area contributed by atoms with Crippen LogP contribution in [0.2, 0.25) is 4.47 Å². The standard InChI is InChI=1S/C5HClF3NO2S.H4N2/c6-4-10-2(5(7,8)9)1(13-4)3(11)12;1-2/h(H,11,12);1-2H2. The van der Waals surface area contributed by atoms with Gasteiger partial charge in [-0.3, -0.25) is 11.7 Å². The van der Waals surface area contributed by atoms with Crippen LogP contribution in [0.3, 0.4) is 0 Å². The Bertz CT molecular complexity index is 354. The van der Waals surface area contributed by atoms with E-state index in [4.69, 9.17) is 16.7 Å². The van der Waals surface area contributed by atoms with Gasteiger partial charge in [-0.2, -0.15) is 13.2 Å². The van der Waals surface area contributed by atoms with Crippen molar-refractivity contribution < 1.29 is 23.1 Å². The Labute approximate surface area is 90.4 Å². The number of halogens is 4. The number of carboxylic acids is 1. The van der Waals surface area contributed by atoms with Crippen LogP contribution in [0.5, 0.6) is 0 Å². The van der Waals surface area contributed by atoms with E-state index in [1.165, 1.54) is 0 Å². The monoisotopic (exact) mass is 263 g/mol. The fourth-order valence-electron chi connectivity index (χ4n) is 0.631. The molecule has 5 N–H and O–H groups in total. The zero-order valence-electron chi connectivity index (χ0n) is 6.88. The van der Waals surface area contributed by atoms with Crippen LogP contribution in [0.4, 0.5) is 13.2 Å². The molecule has 0 spiro atoms. The highest BCUT2D eigenvalue weighted by Gasteiger charge is 2.39. The number of hydrogen-bond donors (Lipinski definition) is 3. The summed E-state index contributed by atoms with van der Waals surface area (Å²) in [7, 11) is 0. The zero-order chi connectivity index (χ0) is 12.2. The van der Waals surface area contributed by atoms with E-state index in [9.17, 15) is 18.0 Å². The highest BCUT2D eigenvalue weighted by Crippen LogP contribution is 2.35. The van der Waals surface area contributed by atoms with E-state index in [0.717, 1.165) is 0 Å². The van der Waals surface area contributed by atoms with Crippen molar-refractivity contribution in [2.45, 2.75) is 6.18 Å². The topological polar surface area (TPSA) is 102 Å². The van der Waals surface area contributed by atoms with Crippen LogP contribution in [-0.4, -0.2) is 16.1 Å². The summed E-state index contributed by atoms with van der Waals surface area (Å²) >= 11 is 5.44. The lowest BCUT2D eigenvalue weighted by atomic mass is 10.3. The zero-order valence-corrected chi connectivity index (χ0v) is 8.45. The number of aromatic nitrogens is 1. The van der Waals surface area contributed by atoms with Crippen LogP contribution in [0.15, 0.2) is 0 Å². The van der Waals surface area contributed by atoms with Crippen LogP contribution in [0, 0.1) is 0 Å². The number of rotatable bonds is 1. The Hall–Kier alpha value is -0.900. The fourth-order valence-corrected chi connectivity index (χ4v) is 1.60. The fraction of sp³-hybridized carbons (Fsp3) is 0.200.